The molecule has 1 fully saturated rings. The Kier molecular flexibility index (Phi) is 6.24. The first-order chi connectivity index (χ1) is 10.3. The van der Waals surface area contributed by atoms with Crippen molar-refractivity contribution >= 4 is 5.91 Å². The first kappa shape index (κ1) is 15.5. The summed E-state index contributed by atoms with van der Waals surface area (Å²) in [5, 5.41) is 6.27. The van der Waals surface area contributed by atoms with E-state index in [2.05, 4.69) is 22.1 Å². The lowest BCUT2D eigenvalue weighted by Gasteiger charge is -2.27. The summed E-state index contributed by atoms with van der Waals surface area (Å²) in [5.74, 6) is 0.502. The van der Waals surface area contributed by atoms with Crippen molar-refractivity contribution in [2.24, 2.45) is 0 Å². The largest absolute Gasteiger partial charge is 0.489 e. The summed E-state index contributed by atoms with van der Waals surface area (Å²) in [6.07, 6.45) is 1.67. The maximum absolute atomic E-state index is 12.2. The van der Waals surface area contributed by atoms with E-state index < -0.39 is 0 Å². The van der Waals surface area contributed by atoms with Crippen molar-refractivity contribution in [1.82, 2.24) is 15.5 Å². The van der Waals surface area contributed by atoms with Crippen molar-refractivity contribution in [3.8, 4) is 5.75 Å². The van der Waals surface area contributed by atoms with Gasteiger partial charge in [0.25, 0.3) is 5.91 Å². The first-order valence-corrected chi connectivity index (χ1v) is 7.35. The zero-order valence-corrected chi connectivity index (χ0v) is 12.3. The molecule has 114 valence electrons. The van der Waals surface area contributed by atoms with E-state index in [9.17, 15) is 4.79 Å². The van der Waals surface area contributed by atoms with Crippen LogP contribution in [0.3, 0.4) is 0 Å². The standard InChI is InChI=1S/C16H23N3O2/c1-2-13-21-15-6-4-3-5-14(15)16(20)18-9-12-19-10-7-17-8-11-19/h2-6,17H,1,7-13H2,(H,18,20). The molecule has 5 heteroatoms. The number of benzene rings is 1. The average molecular weight is 289 g/mol. The van der Waals surface area contributed by atoms with Crippen LogP contribution in [0.5, 0.6) is 5.75 Å². The van der Waals surface area contributed by atoms with Gasteiger partial charge in [0.15, 0.2) is 0 Å². The number of hydrogen-bond acceptors (Lipinski definition) is 4. The van der Waals surface area contributed by atoms with Crippen LogP contribution in [0.1, 0.15) is 10.4 Å². The molecular formula is C16H23N3O2. The lowest BCUT2D eigenvalue weighted by Crippen LogP contribution is -2.46. The van der Waals surface area contributed by atoms with Crippen LogP contribution in [-0.2, 0) is 0 Å². The molecule has 2 rings (SSSR count). The maximum Gasteiger partial charge on any atom is 0.255 e. The molecule has 0 bridgehead atoms. The van der Waals surface area contributed by atoms with E-state index in [1.807, 2.05) is 12.1 Å². The molecule has 2 N–H and O–H groups in total. The predicted molar refractivity (Wildman–Crippen MR) is 83.8 cm³/mol. The molecule has 21 heavy (non-hydrogen) atoms. The van der Waals surface area contributed by atoms with Gasteiger partial charge in [-0.15, -0.1) is 0 Å². The maximum atomic E-state index is 12.2. The highest BCUT2D eigenvalue weighted by molar-refractivity contribution is 5.96. The minimum absolute atomic E-state index is 0.0928. The van der Waals surface area contributed by atoms with Crippen molar-refractivity contribution in [3.05, 3.63) is 42.5 Å². The highest BCUT2D eigenvalue weighted by Crippen LogP contribution is 2.17. The zero-order chi connectivity index (χ0) is 14.9. The Balaban J connectivity index is 1.83. The number of carbonyl (C=O) groups is 1. The number of amides is 1. The van der Waals surface area contributed by atoms with Crippen molar-refractivity contribution < 1.29 is 9.53 Å². The molecule has 0 spiro atoms. The number of nitrogens with one attached hydrogen (secondary N) is 2. The molecule has 1 saturated heterocycles. The summed E-state index contributed by atoms with van der Waals surface area (Å²) in [5.41, 5.74) is 0.569. The van der Waals surface area contributed by atoms with Crippen LogP contribution in [0.15, 0.2) is 36.9 Å². The number of carbonyl (C=O) groups excluding carboxylic acids is 1. The highest BCUT2D eigenvalue weighted by Gasteiger charge is 2.13. The van der Waals surface area contributed by atoms with Gasteiger partial charge in [-0.05, 0) is 12.1 Å². The van der Waals surface area contributed by atoms with Gasteiger partial charge >= 0.3 is 0 Å². The first-order valence-electron chi connectivity index (χ1n) is 7.35. The molecule has 0 unspecified atom stereocenters. The number of hydrogen-bond donors (Lipinski definition) is 2. The van der Waals surface area contributed by atoms with Crippen molar-refractivity contribution in [2.75, 3.05) is 45.9 Å². The van der Waals surface area contributed by atoms with Crippen LogP contribution in [0, 0.1) is 0 Å². The second kappa shape index (κ2) is 8.44. The molecule has 5 nitrogen and oxygen atoms in total. The van der Waals surface area contributed by atoms with Crippen LogP contribution < -0.4 is 15.4 Å². The minimum atomic E-state index is -0.0928. The summed E-state index contributed by atoms with van der Waals surface area (Å²) in [7, 11) is 0. The summed E-state index contributed by atoms with van der Waals surface area (Å²) in [6, 6.07) is 7.27. The topological polar surface area (TPSA) is 53.6 Å². The Bertz CT molecular complexity index is 470. The Morgan fingerprint density at radius 3 is 2.90 bits per heavy atom. The lowest BCUT2D eigenvalue weighted by atomic mass is 10.2. The van der Waals surface area contributed by atoms with E-state index in [0.29, 0.717) is 24.5 Å². The molecule has 1 aromatic rings. The Labute approximate surface area is 126 Å². The van der Waals surface area contributed by atoms with Gasteiger partial charge in [-0.3, -0.25) is 9.69 Å². The highest BCUT2D eigenvalue weighted by atomic mass is 16.5. The molecule has 1 amide bonds. The second-order valence-corrected chi connectivity index (χ2v) is 4.94. The smallest absolute Gasteiger partial charge is 0.255 e. The van der Waals surface area contributed by atoms with Gasteiger partial charge in [0.1, 0.15) is 12.4 Å². The zero-order valence-electron chi connectivity index (χ0n) is 12.3. The van der Waals surface area contributed by atoms with E-state index in [4.69, 9.17) is 4.74 Å². The van der Waals surface area contributed by atoms with Gasteiger partial charge in [0, 0.05) is 39.3 Å². The molecule has 1 aliphatic rings. The Morgan fingerprint density at radius 2 is 2.14 bits per heavy atom. The monoisotopic (exact) mass is 289 g/mol. The van der Waals surface area contributed by atoms with Crippen LogP contribution in [0.4, 0.5) is 0 Å². The van der Waals surface area contributed by atoms with Crippen molar-refractivity contribution in [3.63, 3.8) is 0 Å². The third-order valence-electron chi connectivity index (χ3n) is 3.41. The molecule has 0 atom stereocenters. The molecule has 0 saturated carbocycles. The van der Waals surface area contributed by atoms with E-state index in [1.165, 1.54) is 0 Å². The van der Waals surface area contributed by atoms with E-state index in [1.54, 1.807) is 18.2 Å². The van der Waals surface area contributed by atoms with Gasteiger partial charge in [-0.2, -0.15) is 0 Å². The summed E-state index contributed by atoms with van der Waals surface area (Å²) in [4.78, 5) is 14.6. The second-order valence-electron chi connectivity index (χ2n) is 4.94. The fourth-order valence-electron chi connectivity index (χ4n) is 2.29. The van der Waals surface area contributed by atoms with Gasteiger partial charge in [0.05, 0.1) is 5.56 Å². The molecule has 1 heterocycles. The lowest BCUT2D eigenvalue weighted by molar-refractivity contribution is 0.0943. The van der Waals surface area contributed by atoms with Crippen LogP contribution in [0.25, 0.3) is 0 Å². The summed E-state index contributed by atoms with van der Waals surface area (Å²) < 4.78 is 5.51. The molecule has 0 aliphatic carbocycles. The van der Waals surface area contributed by atoms with Gasteiger partial charge in [0.2, 0.25) is 0 Å². The quantitative estimate of drug-likeness (QED) is 0.732. The van der Waals surface area contributed by atoms with E-state index in [0.717, 1.165) is 32.7 Å². The fourth-order valence-corrected chi connectivity index (χ4v) is 2.29. The number of piperazine rings is 1. The molecular weight excluding hydrogens is 266 g/mol. The van der Waals surface area contributed by atoms with E-state index in [-0.39, 0.29) is 5.91 Å². The number of nitrogens with zero attached hydrogens (tertiary/aromatic N) is 1. The molecule has 0 radical (unpaired) electrons. The summed E-state index contributed by atoms with van der Waals surface area (Å²) >= 11 is 0. The molecule has 1 aliphatic heterocycles. The predicted octanol–water partition coefficient (Wildman–Crippen LogP) is 0.886. The average Bonchev–Trinajstić information content (AvgIpc) is 2.54. The van der Waals surface area contributed by atoms with Crippen molar-refractivity contribution in [2.45, 2.75) is 0 Å². The minimum Gasteiger partial charge on any atom is -0.489 e. The summed E-state index contributed by atoms with van der Waals surface area (Å²) in [6.45, 7) is 9.65. The van der Waals surface area contributed by atoms with E-state index >= 15 is 0 Å². The van der Waals surface area contributed by atoms with Crippen LogP contribution in [-0.4, -0.2) is 56.7 Å². The SMILES string of the molecule is C=CCOc1ccccc1C(=O)NCCN1CCNCC1. The van der Waals surface area contributed by atoms with Crippen molar-refractivity contribution in [1.29, 1.82) is 0 Å². The van der Waals surface area contributed by atoms with Crippen LogP contribution in [0.2, 0.25) is 0 Å². The third-order valence-corrected chi connectivity index (χ3v) is 3.41. The number of para-hydroxylation sites is 1. The van der Waals surface area contributed by atoms with Gasteiger partial charge in [-0.25, -0.2) is 0 Å². The Hall–Kier alpha value is -1.85. The number of ether oxygens (including phenoxy) is 1. The van der Waals surface area contributed by atoms with Gasteiger partial charge in [-0.1, -0.05) is 24.8 Å². The number of rotatable bonds is 7. The molecule has 0 aromatic heterocycles. The van der Waals surface area contributed by atoms with Gasteiger partial charge < -0.3 is 15.4 Å². The Morgan fingerprint density at radius 1 is 1.38 bits per heavy atom. The normalized spacial score (nSPS) is 15.4. The van der Waals surface area contributed by atoms with Crippen LogP contribution >= 0.6 is 0 Å². The molecule has 1 aromatic carbocycles. The fraction of sp³-hybridized carbons (Fsp3) is 0.438. The third kappa shape index (κ3) is 4.88.